The van der Waals surface area contributed by atoms with Crippen molar-refractivity contribution in [2.45, 2.75) is 57.4 Å². The molecule has 1 aromatic rings. The molecule has 6 nitrogen and oxygen atoms in total. The predicted octanol–water partition coefficient (Wildman–Crippen LogP) is 2.14. The first-order chi connectivity index (χ1) is 12.3. The average molecular weight is 346 g/mol. The highest BCUT2D eigenvalue weighted by atomic mass is 16.3. The highest BCUT2D eigenvalue weighted by Gasteiger charge is 2.30. The molecule has 1 saturated heterocycles. The molecule has 0 radical (unpaired) electrons. The number of amides is 1. The molecule has 2 fully saturated rings. The number of hydrogen-bond donors (Lipinski definition) is 2. The highest BCUT2D eigenvalue weighted by Crippen LogP contribution is 2.28. The zero-order valence-electron chi connectivity index (χ0n) is 14.9. The van der Waals surface area contributed by atoms with Gasteiger partial charge in [0.1, 0.15) is 5.82 Å². The topological polar surface area (TPSA) is 78.4 Å². The van der Waals surface area contributed by atoms with Crippen molar-refractivity contribution in [3.63, 3.8) is 0 Å². The van der Waals surface area contributed by atoms with Crippen LogP contribution in [0.25, 0.3) is 0 Å². The molecular formula is C19H30N4O2. The maximum Gasteiger partial charge on any atom is 0.223 e. The fourth-order valence-corrected chi connectivity index (χ4v) is 4.23. The fourth-order valence-electron chi connectivity index (χ4n) is 4.23. The van der Waals surface area contributed by atoms with Gasteiger partial charge in [0.05, 0.1) is 6.20 Å². The number of nitrogens with one attached hydrogen (secondary N) is 1. The summed E-state index contributed by atoms with van der Waals surface area (Å²) in [6.45, 7) is 1.82. The van der Waals surface area contributed by atoms with Gasteiger partial charge in [-0.25, -0.2) is 4.98 Å². The number of hydrogen-bond acceptors (Lipinski definition) is 5. The van der Waals surface area contributed by atoms with Gasteiger partial charge >= 0.3 is 0 Å². The van der Waals surface area contributed by atoms with Gasteiger partial charge in [-0.3, -0.25) is 9.78 Å². The van der Waals surface area contributed by atoms with Crippen LogP contribution in [0.3, 0.4) is 0 Å². The van der Waals surface area contributed by atoms with Crippen LogP contribution in [0.15, 0.2) is 18.6 Å². The van der Waals surface area contributed by atoms with Gasteiger partial charge in [-0.05, 0) is 38.0 Å². The van der Waals surface area contributed by atoms with Gasteiger partial charge in [0.2, 0.25) is 5.91 Å². The van der Waals surface area contributed by atoms with E-state index in [4.69, 9.17) is 0 Å². The van der Waals surface area contributed by atoms with Crippen molar-refractivity contribution in [3.05, 3.63) is 18.6 Å². The summed E-state index contributed by atoms with van der Waals surface area (Å²) in [4.78, 5) is 23.4. The summed E-state index contributed by atoms with van der Waals surface area (Å²) in [7, 11) is 0. The Balaban J connectivity index is 1.50. The maximum absolute atomic E-state index is 12.7. The largest absolute Gasteiger partial charge is 0.396 e. The lowest BCUT2D eigenvalue weighted by atomic mass is 9.82. The molecule has 0 spiro atoms. The molecule has 2 heterocycles. The molecule has 6 heteroatoms. The number of anilines is 1. The number of piperidine rings is 1. The van der Waals surface area contributed by atoms with E-state index in [0.717, 1.165) is 31.7 Å². The molecule has 0 aromatic carbocycles. The lowest BCUT2D eigenvalue weighted by Gasteiger charge is -2.35. The zero-order valence-corrected chi connectivity index (χ0v) is 14.9. The number of carbonyl (C=O) groups is 1. The lowest BCUT2D eigenvalue weighted by molar-refractivity contribution is -0.126. The number of rotatable bonds is 6. The third kappa shape index (κ3) is 4.91. The monoisotopic (exact) mass is 346 g/mol. The molecule has 1 atom stereocenters. The summed E-state index contributed by atoms with van der Waals surface area (Å²) in [5, 5.41) is 12.6. The second kappa shape index (κ2) is 9.13. The van der Waals surface area contributed by atoms with Crippen molar-refractivity contribution in [1.82, 2.24) is 15.3 Å². The molecular weight excluding hydrogens is 316 g/mol. The quantitative estimate of drug-likeness (QED) is 0.825. The van der Waals surface area contributed by atoms with Crippen molar-refractivity contribution >= 4 is 11.7 Å². The number of carbonyl (C=O) groups excluding carboxylic acids is 1. The molecule has 1 saturated carbocycles. The number of aliphatic hydroxyl groups is 1. The third-order valence-corrected chi connectivity index (χ3v) is 5.73. The number of aromatic nitrogens is 2. The first-order valence-electron chi connectivity index (χ1n) is 9.70. The van der Waals surface area contributed by atoms with Crippen molar-refractivity contribution < 1.29 is 9.90 Å². The minimum absolute atomic E-state index is 0.0673. The van der Waals surface area contributed by atoms with Crippen LogP contribution in [-0.4, -0.2) is 46.7 Å². The third-order valence-electron chi connectivity index (χ3n) is 5.73. The second-order valence-electron chi connectivity index (χ2n) is 7.35. The van der Waals surface area contributed by atoms with Crippen LogP contribution in [0, 0.1) is 11.8 Å². The van der Waals surface area contributed by atoms with Crippen molar-refractivity contribution in [3.8, 4) is 0 Å². The Kier molecular flexibility index (Phi) is 6.62. The van der Waals surface area contributed by atoms with Crippen LogP contribution in [0.2, 0.25) is 0 Å². The average Bonchev–Trinajstić information content (AvgIpc) is 2.69. The standard InChI is InChI=1S/C19H30N4O2/c24-13-8-17(15-4-2-1-3-5-15)22-19(25)16-6-11-23(12-7-16)18-14-20-9-10-21-18/h9-10,14-17,24H,1-8,11-13H2,(H,22,25). The van der Waals surface area contributed by atoms with Gasteiger partial charge < -0.3 is 15.3 Å². The van der Waals surface area contributed by atoms with Crippen LogP contribution in [-0.2, 0) is 4.79 Å². The number of aliphatic hydroxyl groups excluding tert-OH is 1. The molecule has 1 unspecified atom stereocenters. The van der Waals surface area contributed by atoms with E-state index in [-0.39, 0.29) is 24.5 Å². The van der Waals surface area contributed by atoms with Gasteiger partial charge in [-0.2, -0.15) is 0 Å². The normalized spacial score (nSPS) is 21.1. The van der Waals surface area contributed by atoms with E-state index in [9.17, 15) is 9.90 Å². The van der Waals surface area contributed by atoms with E-state index in [1.807, 2.05) is 0 Å². The van der Waals surface area contributed by atoms with Crippen molar-refractivity contribution in [1.29, 1.82) is 0 Å². The van der Waals surface area contributed by atoms with Gasteiger partial charge in [0.15, 0.2) is 0 Å². The van der Waals surface area contributed by atoms with Gasteiger partial charge in [0, 0.05) is 44.0 Å². The molecule has 1 amide bonds. The Bertz CT molecular complexity index is 525. The second-order valence-corrected chi connectivity index (χ2v) is 7.35. The lowest BCUT2D eigenvalue weighted by Crippen LogP contribution is -2.47. The smallest absolute Gasteiger partial charge is 0.223 e. The molecule has 0 bridgehead atoms. The van der Waals surface area contributed by atoms with Crippen LogP contribution in [0.5, 0.6) is 0 Å². The van der Waals surface area contributed by atoms with Crippen LogP contribution < -0.4 is 10.2 Å². The molecule has 25 heavy (non-hydrogen) atoms. The van der Waals surface area contributed by atoms with E-state index in [1.165, 1.54) is 32.1 Å². The Morgan fingerprint density at radius 1 is 1.20 bits per heavy atom. The highest BCUT2D eigenvalue weighted by molar-refractivity contribution is 5.79. The Labute approximate surface area is 150 Å². The molecule has 138 valence electrons. The van der Waals surface area contributed by atoms with Crippen molar-refractivity contribution in [2.24, 2.45) is 11.8 Å². The summed E-state index contributed by atoms with van der Waals surface area (Å²) in [6.07, 6.45) is 13.7. The first kappa shape index (κ1) is 18.1. The first-order valence-corrected chi connectivity index (χ1v) is 9.70. The SMILES string of the molecule is O=C(NC(CCO)C1CCCCC1)C1CCN(c2cnccn2)CC1. The molecule has 1 aliphatic carbocycles. The summed E-state index contributed by atoms with van der Waals surface area (Å²) < 4.78 is 0. The van der Waals surface area contributed by atoms with Crippen LogP contribution in [0.4, 0.5) is 5.82 Å². The molecule has 2 aliphatic rings. The van der Waals surface area contributed by atoms with E-state index < -0.39 is 0 Å². The summed E-state index contributed by atoms with van der Waals surface area (Å²) in [5.74, 6) is 1.66. The van der Waals surface area contributed by atoms with Crippen LogP contribution >= 0.6 is 0 Å². The van der Waals surface area contributed by atoms with Gasteiger partial charge in [-0.1, -0.05) is 19.3 Å². The minimum Gasteiger partial charge on any atom is -0.396 e. The Hall–Kier alpha value is -1.69. The van der Waals surface area contributed by atoms with E-state index >= 15 is 0 Å². The van der Waals surface area contributed by atoms with E-state index in [1.54, 1.807) is 18.6 Å². The summed E-state index contributed by atoms with van der Waals surface area (Å²) in [5.41, 5.74) is 0. The zero-order chi connectivity index (χ0) is 17.5. The Morgan fingerprint density at radius 3 is 2.60 bits per heavy atom. The fraction of sp³-hybridized carbons (Fsp3) is 0.737. The van der Waals surface area contributed by atoms with Crippen molar-refractivity contribution in [2.75, 3.05) is 24.6 Å². The predicted molar refractivity (Wildman–Crippen MR) is 97.2 cm³/mol. The summed E-state index contributed by atoms with van der Waals surface area (Å²) in [6, 6.07) is 0.135. The van der Waals surface area contributed by atoms with E-state index in [2.05, 4.69) is 20.2 Å². The molecule has 2 N–H and O–H groups in total. The van der Waals surface area contributed by atoms with Gasteiger partial charge in [-0.15, -0.1) is 0 Å². The Morgan fingerprint density at radius 2 is 1.96 bits per heavy atom. The minimum atomic E-state index is 0.0673. The van der Waals surface area contributed by atoms with Crippen LogP contribution in [0.1, 0.15) is 51.4 Å². The molecule has 1 aromatic heterocycles. The molecule has 3 rings (SSSR count). The molecule has 1 aliphatic heterocycles. The summed E-state index contributed by atoms with van der Waals surface area (Å²) >= 11 is 0. The number of nitrogens with zero attached hydrogens (tertiary/aromatic N) is 3. The van der Waals surface area contributed by atoms with E-state index in [0.29, 0.717) is 12.3 Å². The maximum atomic E-state index is 12.7. The van der Waals surface area contributed by atoms with Gasteiger partial charge in [0.25, 0.3) is 0 Å².